The third-order valence-electron chi connectivity index (χ3n) is 3.61. The quantitative estimate of drug-likeness (QED) is 0.749. The summed E-state index contributed by atoms with van der Waals surface area (Å²) in [5, 5.41) is 0.336. The van der Waals surface area contributed by atoms with Gasteiger partial charge in [0.25, 0.3) is 0 Å². The Kier molecular flexibility index (Phi) is 4.65. The van der Waals surface area contributed by atoms with Gasteiger partial charge in [-0.25, -0.2) is 0 Å². The van der Waals surface area contributed by atoms with Crippen LogP contribution >= 0.6 is 11.6 Å². The van der Waals surface area contributed by atoms with Crippen LogP contribution < -0.4 is 0 Å². The molecule has 0 aliphatic heterocycles. The summed E-state index contributed by atoms with van der Waals surface area (Å²) in [5.74, 6) is 0.843. The molecule has 0 aromatic heterocycles. The molecule has 0 bridgehead atoms. The number of benzene rings is 1. The van der Waals surface area contributed by atoms with Crippen molar-refractivity contribution in [2.24, 2.45) is 5.92 Å². The number of carbonyl (C=O) groups excluding carboxylic acids is 1. The SMILES string of the molecule is CN(CC1CC(Cl)C1)C(=O)CCc1ccccc1. The summed E-state index contributed by atoms with van der Waals surface area (Å²) in [6.45, 7) is 0.858. The molecule has 18 heavy (non-hydrogen) atoms. The first kappa shape index (κ1) is 13.4. The smallest absolute Gasteiger partial charge is 0.222 e. The monoisotopic (exact) mass is 265 g/mol. The van der Waals surface area contributed by atoms with Crippen molar-refractivity contribution in [1.29, 1.82) is 0 Å². The molecule has 1 saturated carbocycles. The fourth-order valence-electron chi connectivity index (χ4n) is 2.38. The maximum absolute atomic E-state index is 12.0. The van der Waals surface area contributed by atoms with Gasteiger partial charge < -0.3 is 4.90 Å². The minimum atomic E-state index is 0.233. The van der Waals surface area contributed by atoms with Crippen LogP contribution in [0.2, 0.25) is 0 Å². The van der Waals surface area contributed by atoms with Gasteiger partial charge >= 0.3 is 0 Å². The number of nitrogens with zero attached hydrogens (tertiary/aromatic N) is 1. The molecule has 0 heterocycles. The molecule has 0 unspecified atom stereocenters. The second-order valence-corrected chi connectivity index (χ2v) is 5.81. The lowest BCUT2D eigenvalue weighted by atomic mass is 9.84. The van der Waals surface area contributed by atoms with E-state index in [4.69, 9.17) is 11.6 Å². The molecule has 2 rings (SSSR count). The second-order valence-electron chi connectivity index (χ2n) is 5.19. The van der Waals surface area contributed by atoms with Crippen LogP contribution in [0, 0.1) is 5.92 Å². The number of hydrogen-bond acceptors (Lipinski definition) is 1. The molecular formula is C15H20ClNO. The predicted octanol–water partition coefficient (Wildman–Crippen LogP) is 3.10. The minimum absolute atomic E-state index is 0.233. The maximum Gasteiger partial charge on any atom is 0.222 e. The Balaban J connectivity index is 1.71. The van der Waals surface area contributed by atoms with E-state index in [0.29, 0.717) is 17.7 Å². The fourth-order valence-corrected chi connectivity index (χ4v) is 2.88. The van der Waals surface area contributed by atoms with Crippen molar-refractivity contribution in [3.8, 4) is 0 Å². The van der Waals surface area contributed by atoms with Gasteiger partial charge in [-0.2, -0.15) is 0 Å². The van der Waals surface area contributed by atoms with E-state index in [1.165, 1.54) is 5.56 Å². The summed E-state index contributed by atoms with van der Waals surface area (Å²) < 4.78 is 0. The van der Waals surface area contributed by atoms with E-state index in [9.17, 15) is 4.79 Å². The zero-order valence-corrected chi connectivity index (χ0v) is 11.6. The fraction of sp³-hybridized carbons (Fsp3) is 0.533. The van der Waals surface area contributed by atoms with Gasteiger partial charge in [-0.05, 0) is 30.7 Å². The van der Waals surface area contributed by atoms with Crippen molar-refractivity contribution < 1.29 is 4.79 Å². The zero-order valence-electron chi connectivity index (χ0n) is 10.8. The lowest BCUT2D eigenvalue weighted by Crippen LogP contribution is -2.38. The van der Waals surface area contributed by atoms with Gasteiger partial charge in [0, 0.05) is 25.4 Å². The molecule has 1 aromatic rings. The second kappa shape index (κ2) is 6.24. The number of alkyl halides is 1. The van der Waals surface area contributed by atoms with E-state index in [-0.39, 0.29) is 5.91 Å². The number of aryl methyl sites for hydroxylation is 1. The molecular weight excluding hydrogens is 246 g/mol. The van der Waals surface area contributed by atoms with Gasteiger partial charge in [-0.3, -0.25) is 4.79 Å². The number of hydrogen-bond donors (Lipinski definition) is 0. The summed E-state index contributed by atoms with van der Waals surface area (Å²) in [6.07, 6.45) is 3.53. The van der Waals surface area contributed by atoms with Crippen molar-refractivity contribution in [2.75, 3.05) is 13.6 Å². The Morgan fingerprint density at radius 2 is 2.00 bits per heavy atom. The summed E-state index contributed by atoms with van der Waals surface area (Å²) in [4.78, 5) is 13.8. The predicted molar refractivity (Wildman–Crippen MR) is 74.8 cm³/mol. The Morgan fingerprint density at radius 1 is 1.33 bits per heavy atom. The third kappa shape index (κ3) is 3.74. The molecule has 2 nitrogen and oxygen atoms in total. The van der Waals surface area contributed by atoms with Gasteiger partial charge in [0.05, 0.1) is 0 Å². The van der Waals surface area contributed by atoms with Crippen molar-refractivity contribution in [3.05, 3.63) is 35.9 Å². The highest BCUT2D eigenvalue weighted by Crippen LogP contribution is 2.32. The van der Waals surface area contributed by atoms with Crippen LogP contribution in [0.3, 0.4) is 0 Å². The van der Waals surface area contributed by atoms with Gasteiger partial charge in [0.2, 0.25) is 5.91 Å². The number of halogens is 1. The van der Waals surface area contributed by atoms with E-state index in [1.54, 1.807) is 0 Å². The molecule has 0 atom stereocenters. The highest BCUT2D eigenvalue weighted by atomic mass is 35.5. The first-order valence-electron chi connectivity index (χ1n) is 6.57. The highest BCUT2D eigenvalue weighted by Gasteiger charge is 2.28. The van der Waals surface area contributed by atoms with Crippen molar-refractivity contribution in [3.63, 3.8) is 0 Å². The molecule has 0 N–H and O–H groups in total. The normalized spacial score (nSPS) is 22.3. The van der Waals surface area contributed by atoms with Crippen LogP contribution in [0.15, 0.2) is 30.3 Å². The van der Waals surface area contributed by atoms with Crippen molar-refractivity contribution >= 4 is 17.5 Å². The summed E-state index contributed by atoms with van der Waals surface area (Å²) in [6, 6.07) is 10.2. The largest absolute Gasteiger partial charge is 0.345 e. The van der Waals surface area contributed by atoms with Crippen LogP contribution in [0.4, 0.5) is 0 Å². The number of rotatable bonds is 5. The van der Waals surface area contributed by atoms with Crippen LogP contribution in [0.25, 0.3) is 0 Å². The molecule has 1 aromatic carbocycles. The van der Waals surface area contributed by atoms with Gasteiger partial charge in [-0.1, -0.05) is 30.3 Å². The Labute approximate surface area is 114 Å². The molecule has 0 saturated heterocycles. The molecule has 1 amide bonds. The van der Waals surface area contributed by atoms with E-state index >= 15 is 0 Å². The van der Waals surface area contributed by atoms with E-state index < -0.39 is 0 Å². The minimum Gasteiger partial charge on any atom is -0.345 e. The van der Waals surface area contributed by atoms with Crippen molar-refractivity contribution in [1.82, 2.24) is 4.90 Å². The van der Waals surface area contributed by atoms with E-state index in [1.807, 2.05) is 30.1 Å². The van der Waals surface area contributed by atoms with Crippen LogP contribution in [0.1, 0.15) is 24.8 Å². The average Bonchev–Trinajstić information content (AvgIpc) is 2.35. The van der Waals surface area contributed by atoms with Gasteiger partial charge in [0.1, 0.15) is 0 Å². The first-order chi connectivity index (χ1) is 8.65. The maximum atomic E-state index is 12.0. The van der Waals surface area contributed by atoms with Gasteiger partial charge in [0.15, 0.2) is 0 Å². The highest BCUT2D eigenvalue weighted by molar-refractivity contribution is 6.21. The van der Waals surface area contributed by atoms with Crippen LogP contribution in [-0.2, 0) is 11.2 Å². The van der Waals surface area contributed by atoms with E-state index in [0.717, 1.165) is 25.8 Å². The topological polar surface area (TPSA) is 20.3 Å². The lowest BCUT2D eigenvalue weighted by Gasteiger charge is -2.34. The van der Waals surface area contributed by atoms with Gasteiger partial charge in [-0.15, -0.1) is 11.6 Å². The van der Waals surface area contributed by atoms with Crippen LogP contribution in [0.5, 0.6) is 0 Å². The summed E-state index contributed by atoms with van der Waals surface area (Å²) >= 11 is 5.94. The molecule has 1 aliphatic rings. The molecule has 98 valence electrons. The molecule has 0 radical (unpaired) electrons. The number of amides is 1. The van der Waals surface area contributed by atoms with Crippen LogP contribution in [-0.4, -0.2) is 29.8 Å². The van der Waals surface area contributed by atoms with Crippen molar-refractivity contribution in [2.45, 2.75) is 31.1 Å². The summed E-state index contributed by atoms with van der Waals surface area (Å²) in [7, 11) is 1.90. The Hall–Kier alpha value is -1.02. The standard InChI is InChI=1S/C15H20ClNO/c1-17(11-13-9-14(16)10-13)15(18)8-7-12-5-3-2-4-6-12/h2-6,13-14H,7-11H2,1H3. The molecule has 0 spiro atoms. The Bertz CT molecular complexity index is 387. The number of carbonyl (C=O) groups is 1. The Morgan fingerprint density at radius 3 is 2.61 bits per heavy atom. The molecule has 3 heteroatoms. The third-order valence-corrected chi connectivity index (χ3v) is 3.96. The summed E-state index contributed by atoms with van der Waals surface area (Å²) in [5.41, 5.74) is 1.23. The molecule has 1 aliphatic carbocycles. The zero-order chi connectivity index (χ0) is 13.0. The molecule has 1 fully saturated rings. The first-order valence-corrected chi connectivity index (χ1v) is 7.00. The lowest BCUT2D eigenvalue weighted by molar-refractivity contribution is -0.130. The average molecular weight is 266 g/mol. The van der Waals surface area contributed by atoms with E-state index in [2.05, 4.69) is 12.1 Å².